The van der Waals surface area contributed by atoms with Gasteiger partial charge in [0.2, 0.25) is 0 Å². The summed E-state index contributed by atoms with van der Waals surface area (Å²) >= 11 is 1.63. The first-order chi connectivity index (χ1) is 11.1. The fourth-order valence-corrected chi connectivity index (χ4v) is 3.23. The summed E-state index contributed by atoms with van der Waals surface area (Å²) in [6.07, 6.45) is 2.25. The number of nitrogens with zero attached hydrogens (tertiary/aromatic N) is 1. The number of thiazole rings is 1. The predicted octanol–water partition coefficient (Wildman–Crippen LogP) is 1.11. The number of carbonyl (C=O) groups excluding carboxylic acids is 1. The molecule has 0 aliphatic heterocycles. The van der Waals surface area contributed by atoms with E-state index in [0.717, 1.165) is 46.3 Å². The molecule has 5 nitrogen and oxygen atoms in total. The Morgan fingerprint density at radius 3 is 2.78 bits per heavy atom. The lowest BCUT2D eigenvalue weighted by Crippen LogP contribution is -3.09. The van der Waals surface area contributed by atoms with Crippen LogP contribution in [0.25, 0.3) is 10.6 Å². The van der Waals surface area contributed by atoms with Gasteiger partial charge in [-0.05, 0) is 37.1 Å². The quantitative estimate of drug-likeness (QED) is 0.799. The van der Waals surface area contributed by atoms with Crippen molar-refractivity contribution in [2.24, 2.45) is 0 Å². The zero-order valence-corrected chi connectivity index (χ0v) is 14.3. The van der Waals surface area contributed by atoms with Crippen LogP contribution in [0.3, 0.4) is 0 Å². The molecule has 1 aromatic heterocycles. The Labute approximate surface area is 140 Å². The van der Waals surface area contributed by atoms with Crippen molar-refractivity contribution in [3.63, 3.8) is 0 Å². The summed E-state index contributed by atoms with van der Waals surface area (Å²) in [5, 5.41) is 6.09. The number of likely N-dealkylation sites (N-methyl/N-ethyl adjacent to an activating group) is 1. The van der Waals surface area contributed by atoms with Crippen LogP contribution < -0.4 is 15.0 Å². The van der Waals surface area contributed by atoms with Crippen LogP contribution in [-0.2, 0) is 11.3 Å². The van der Waals surface area contributed by atoms with Gasteiger partial charge in [0.1, 0.15) is 23.0 Å². The minimum atomic E-state index is 0.135. The second-order valence-corrected chi connectivity index (χ2v) is 6.88. The SMILES string of the molecule is COc1ccc(-c2nc(C[NH+](C)CC(=O)NC3CC3)cs2)cc1. The fourth-order valence-electron chi connectivity index (χ4n) is 2.41. The maximum atomic E-state index is 11.8. The molecule has 1 aromatic carbocycles. The molecule has 1 heterocycles. The summed E-state index contributed by atoms with van der Waals surface area (Å²) in [6.45, 7) is 1.25. The standard InChI is InChI=1S/C17H21N3O2S/c1-20(10-16(21)18-13-5-6-13)9-14-11-23-17(19-14)12-3-7-15(22-2)8-4-12/h3-4,7-8,11,13H,5-6,9-10H2,1-2H3,(H,18,21)/p+1. The van der Waals surface area contributed by atoms with Gasteiger partial charge >= 0.3 is 0 Å². The third kappa shape index (κ3) is 4.53. The molecule has 6 heteroatoms. The first-order valence-electron chi connectivity index (χ1n) is 7.83. The molecule has 1 amide bonds. The average Bonchev–Trinajstić information content (AvgIpc) is 3.22. The number of quaternary nitrogens is 1. The van der Waals surface area contributed by atoms with Crippen LogP contribution in [0.15, 0.2) is 29.6 Å². The van der Waals surface area contributed by atoms with Gasteiger partial charge in [-0.15, -0.1) is 11.3 Å². The Balaban J connectivity index is 1.56. The number of aromatic nitrogens is 1. The van der Waals surface area contributed by atoms with Gasteiger partial charge in [-0.1, -0.05) is 0 Å². The maximum absolute atomic E-state index is 11.8. The zero-order valence-electron chi connectivity index (χ0n) is 13.5. The number of rotatable bonds is 7. The van der Waals surface area contributed by atoms with Crippen LogP contribution in [-0.4, -0.2) is 37.6 Å². The first-order valence-corrected chi connectivity index (χ1v) is 8.71. The third-order valence-electron chi connectivity index (χ3n) is 3.78. The first kappa shape index (κ1) is 16.0. The number of hydrogen-bond donors (Lipinski definition) is 2. The van der Waals surface area contributed by atoms with Crippen LogP contribution in [0, 0.1) is 0 Å². The molecule has 122 valence electrons. The van der Waals surface area contributed by atoms with Crippen molar-refractivity contribution in [1.29, 1.82) is 0 Å². The molecule has 1 atom stereocenters. The second-order valence-electron chi connectivity index (χ2n) is 6.02. The third-order valence-corrected chi connectivity index (χ3v) is 4.72. The van der Waals surface area contributed by atoms with Crippen molar-refractivity contribution in [1.82, 2.24) is 10.3 Å². The number of carbonyl (C=O) groups is 1. The molecule has 2 N–H and O–H groups in total. The van der Waals surface area contributed by atoms with Crippen molar-refractivity contribution in [2.45, 2.75) is 25.4 Å². The van der Waals surface area contributed by atoms with Gasteiger partial charge in [-0.2, -0.15) is 0 Å². The number of ether oxygens (including phenoxy) is 1. The van der Waals surface area contributed by atoms with Crippen LogP contribution in [0.4, 0.5) is 0 Å². The summed E-state index contributed by atoms with van der Waals surface area (Å²) in [7, 11) is 3.69. The maximum Gasteiger partial charge on any atom is 0.275 e. The highest BCUT2D eigenvalue weighted by Gasteiger charge is 2.24. The molecule has 2 aromatic rings. The Kier molecular flexibility index (Phi) is 4.93. The molecular weight excluding hydrogens is 310 g/mol. The van der Waals surface area contributed by atoms with E-state index < -0.39 is 0 Å². The lowest BCUT2D eigenvalue weighted by atomic mass is 10.2. The van der Waals surface area contributed by atoms with Crippen molar-refractivity contribution >= 4 is 17.2 Å². The van der Waals surface area contributed by atoms with Gasteiger partial charge in [0.15, 0.2) is 6.54 Å². The minimum Gasteiger partial charge on any atom is -0.497 e. The van der Waals surface area contributed by atoms with E-state index in [1.165, 1.54) is 0 Å². The fraction of sp³-hybridized carbons (Fsp3) is 0.412. The van der Waals surface area contributed by atoms with Crippen LogP contribution >= 0.6 is 11.3 Å². The molecule has 0 saturated heterocycles. The lowest BCUT2D eigenvalue weighted by Gasteiger charge is -2.12. The predicted molar refractivity (Wildman–Crippen MR) is 90.7 cm³/mol. The average molecular weight is 332 g/mol. The van der Waals surface area contributed by atoms with Gasteiger partial charge in [0, 0.05) is 17.0 Å². The lowest BCUT2D eigenvalue weighted by molar-refractivity contribution is -0.885. The van der Waals surface area contributed by atoms with E-state index in [1.54, 1.807) is 18.4 Å². The van der Waals surface area contributed by atoms with Crippen molar-refractivity contribution in [3.8, 4) is 16.3 Å². The molecule has 1 unspecified atom stereocenters. The second kappa shape index (κ2) is 7.10. The Bertz CT molecular complexity index is 665. The Morgan fingerprint density at radius 1 is 1.39 bits per heavy atom. The van der Waals surface area contributed by atoms with E-state index in [-0.39, 0.29) is 5.91 Å². The summed E-state index contributed by atoms with van der Waals surface area (Å²) in [5.41, 5.74) is 2.11. The van der Waals surface area contributed by atoms with Gasteiger partial charge in [0.25, 0.3) is 5.91 Å². The molecule has 0 bridgehead atoms. The van der Waals surface area contributed by atoms with E-state index in [4.69, 9.17) is 4.74 Å². The number of hydrogen-bond acceptors (Lipinski definition) is 4. The number of benzene rings is 1. The van der Waals surface area contributed by atoms with Gasteiger partial charge < -0.3 is 15.0 Å². The molecule has 23 heavy (non-hydrogen) atoms. The number of methoxy groups -OCH3 is 1. The highest BCUT2D eigenvalue weighted by molar-refractivity contribution is 7.13. The van der Waals surface area contributed by atoms with Crippen LogP contribution in [0.5, 0.6) is 5.75 Å². The molecule has 1 aliphatic carbocycles. The summed E-state index contributed by atoms with van der Waals surface area (Å²) in [4.78, 5) is 17.6. The van der Waals surface area contributed by atoms with Gasteiger partial charge in [-0.3, -0.25) is 4.79 Å². The molecule has 0 spiro atoms. The normalized spacial score (nSPS) is 15.2. The topological polar surface area (TPSA) is 55.7 Å². The molecule has 1 aliphatic rings. The molecule has 1 fully saturated rings. The smallest absolute Gasteiger partial charge is 0.275 e. The van der Waals surface area contributed by atoms with E-state index in [2.05, 4.69) is 15.7 Å². The summed E-state index contributed by atoms with van der Waals surface area (Å²) in [5.74, 6) is 0.979. The molecular formula is C17H22N3O2S+. The molecule has 1 saturated carbocycles. The molecule has 3 rings (SSSR count). The van der Waals surface area contributed by atoms with Crippen molar-refractivity contribution in [3.05, 3.63) is 35.3 Å². The highest BCUT2D eigenvalue weighted by Crippen LogP contribution is 2.25. The molecule has 0 radical (unpaired) electrons. The van der Waals surface area contributed by atoms with Crippen molar-refractivity contribution < 1.29 is 14.4 Å². The number of amides is 1. The van der Waals surface area contributed by atoms with Gasteiger partial charge in [0.05, 0.1) is 14.2 Å². The van der Waals surface area contributed by atoms with E-state index in [0.29, 0.717) is 12.6 Å². The Morgan fingerprint density at radius 2 is 2.13 bits per heavy atom. The number of nitrogens with one attached hydrogen (secondary N) is 2. The van der Waals surface area contributed by atoms with E-state index in [1.807, 2.05) is 31.3 Å². The highest BCUT2D eigenvalue weighted by atomic mass is 32.1. The summed E-state index contributed by atoms with van der Waals surface area (Å²) in [6, 6.07) is 8.34. The Hall–Kier alpha value is -1.92. The van der Waals surface area contributed by atoms with Crippen LogP contribution in [0.2, 0.25) is 0 Å². The minimum absolute atomic E-state index is 0.135. The zero-order chi connectivity index (χ0) is 16.2. The van der Waals surface area contributed by atoms with Crippen molar-refractivity contribution in [2.75, 3.05) is 20.7 Å². The summed E-state index contributed by atoms with van der Waals surface area (Å²) < 4.78 is 5.17. The van der Waals surface area contributed by atoms with Crippen LogP contribution in [0.1, 0.15) is 18.5 Å². The van der Waals surface area contributed by atoms with E-state index in [9.17, 15) is 4.79 Å². The monoisotopic (exact) mass is 332 g/mol. The van der Waals surface area contributed by atoms with Gasteiger partial charge in [-0.25, -0.2) is 4.98 Å². The largest absolute Gasteiger partial charge is 0.497 e. The van der Waals surface area contributed by atoms with E-state index >= 15 is 0 Å².